The van der Waals surface area contributed by atoms with E-state index in [1.807, 2.05) is 0 Å². The van der Waals surface area contributed by atoms with Gasteiger partial charge >= 0.3 is 18.5 Å². The van der Waals surface area contributed by atoms with E-state index in [0.29, 0.717) is 0 Å². The largest absolute Gasteiger partial charge is 0.573 e. The van der Waals surface area contributed by atoms with Gasteiger partial charge in [-0.15, -0.1) is 13.2 Å². The minimum absolute atomic E-state index is 0.0169. The smallest absolute Gasteiger partial charge is 0.452 e. The highest BCUT2D eigenvalue weighted by Crippen LogP contribution is 2.31. The molecule has 0 bridgehead atoms. The Bertz CT molecular complexity index is 1200. The Hall–Kier alpha value is -4.29. The van der Waals surface area contributed by atoms with Crippen LogP contribution in [-0.2, 0) is 15.7 Å². The molecule has 1 aromatic heterocycles. The highest BCUT2D eigenvalue weighted by Gasteiger charge is 2.31. The van der Waals surface area contributed by atoms with Crippen molar-refractivity contribution in [1.82, 2.24) is 4.98 Å². The van der Waals surface area contributed by atoms with Crippen molar-refractivity contribution < 1.29 is 45.4 Å². The molecule has 0 fully saturated rings. The summed E-state index contributed by atoms with van der Waals surface area (Å²) in [5.74, 6) is -2.37. The van der Waals surface area contributed by atoms with Gasteiger partial charge in [-0.3, -0.25) is 4.79 Å². The van der Waals surface area contributed by atoms with Crippen molar-refractivity contribution in [2.24, 2.45) is 0 Å². The number of esters is 1. The number of alkyl halides is 6. The van der Waals surface area contributed by atoms with Crippen LogP contribution in [0.5, 0.6) is 5.75 Å². The molecule has 0 aliphatic heterocycles. The third-order valence-corrected chi connectivity index (χ3v) is 4.19. The summed E-state index contributed by atoms with van der Waals surface area (Å²) in [6.07, 6.45) is -8.13. The summed E-state index contributed by atoms with van der Waals surface area (Å²) in [7, 11) is 0. The van der Waals surface area contributed by atoms with Crippen molar-refractivity contribution in [3.8, 4) is 5.75 Å². The zero-order valence-corrected chi connectivity index (χ0v) is 17.4. The predicted molar refractivity (Wildman–Crippen MR) is 111 cm³/mol. The molecule has 184 valence electrons. The van der Waals surface area contributed by atoms with Crippen LogP contribution in [0.4, 0.5) is 43.5 Å². The number of pyridine rings is 1. The first-order valence-electron chi connectivity index (χ1n) is 9.63. The van der Waals surface area contributed by atoms with Gasteiger partial charge < -0.3 is 20.1 Å². The molecule has 1 amide bonds. The van der Waals surface area contributed by atoms with E-state index >= 15 is 0 Å². The molecule has 3 aromatic rings. The maximum atomic E-state index is 12.9. The van der Waals surface area contributed by atoms with Crippen LogP contribution in [0.15, 0.2) is 66.9 Å². The van der Waals surface area contributed by atoms with Crippen molar-refractivity contribution in [3.63, 3.8) is 0 Å². The molecule has 35 heavy (non-hydrogen) atoms. The number of halogens is 6. The van der Waals surface area contributed by atoms with Crippen LogP contribution in [0.3, 0.4) is 0 Å². The van der Waals surface area contributed by atoms with Crippen molar-refractivity contribution in [2.75, 3.05) is 17.2 Å². The number of ether oxygens (including phenoxy) is 2. The summed E-state index contributed by atoms with van der Waals surface area (Å²) in [5.41, 5.74) is -0.916. The fourth-order valence-corrected chi connectivity index (χ4v) is 2.73. The molecule has 7 nitrogen and oxygen atoms in total. The van der Waals surface area contributed by atoms with E-state index in [0.717, 1.165) is 36.4 Å². The van der Waals surface area contributed by atoms with Crippen LogP contribution < -0.4 is 15.4 Å². The van der Waals surface area contributed by atoms with Crippen LogP contribution >= 0.6 is 0 Å². The Kier molecular flexibility index (Phi) is 7.47. The number of aromatic nitrogens is 1. The standard InChI is InChI=1S/C22H15F6N3O4/c23-21(24,25)13-3-1-4-15(11-13)31-19-17(5-2-10-29-19)20(33)34-12-18(32)30-14-6-8-16(9-7-14)35-22(26,27)28/h1-11H,12H2,(H,29,31)(H,30,32). The first kappa shape index (κ1) is 25.3. The Labute approximate surface area is 193 Å². The molecule has 2 N–H and O–H groups in total. The maximum Gasteiger partial charge on any atom is 0.573 e. The summed E-state index contributed by atoms with van der Waals surface area (Å²) < 4.78 is 84.0. The number of carbonyl (C=O) groups excluding carboxylic acids is 2. The molecule has 0 aliphatic carbocycles. The fourth-order valence-electron chi connectivity index (χ4n) is 2.73. The minimum atomic E-state index is -4.86. The number of benzene rings is 2. The molecular weight excluding hydrogens is 484 g/mol. The van der Waals surface area contributed by atoms with Crippen LogP contribution in [0.2, 0.25) is 0 Å². The van der Waals surface area contributed by atoms with Crippen LogP contribution in [0.1, 0.15) is 15.9 Å². The molecule has 0 saturated heterocycles. The van der Waals surface area contributed by atoms with Gasteiger partial charge in [-0.05, 0) is 54.6 Å². The van der Waals surface area contributed by atoms with Crippen LogP contribution in [-0.4, -0.2) is 29.8 Å². The average Bonchev–Trinajstić information content (AvgIpc) is 2.78. The van der Waals surface area contributed by atoms with Crippen LogP contribution in [0.25, 0.3) is 0 Å². The Balaban J connectivity index is 1.60. The number of nitrogens with one attached hydrogen (secondary N) is 2. The average molecular weight is 499 g/mol. The van der Waals surface area contributed by atoms with Gasteiger partial charge in [-0.25, -0.2) is 9.78 Å². The summed E-state index contributed by atoms with van der Waals surface area (Å²) in [6, 6.07) is 11.2. The fraction of sp³-hybridized carbons (Fsp3) is 0.136. The first-order valence-corrected chi connectivity index (χ1v) is 9.63. The number of rotatable bonds is 7. The molecule has 3 rings (SSSR count). The summed E-state index contributed by atoms with van der Waals surface area (Å²) in [5, 5.41) is 4.93. The molecule has 0 spiro atoms. The Morgan fingerprint density at radius 1 is 0.886 bits per heavy atom. The number of amides is 1. The van der Waals surface area contributed by atoms with Gasteiger partial charge in [0.25, 0.3) is 5.91 Å². The lowest BCUT2D eigenvalue weighted by Crippen LogP contribution is -2.21. The van der Waals surface area contributed by atoms with E-state index in [1.165, 1.54) is 30.5 Å². The highest BCUT2D eigenvalue weighted by molar-refractivity contribution is 5.98. The molecule has 0 atom stereocenters. The molecule has 1 heterocycles. The predicted octanol–water partition coefficient (Wildman–Crippen LogP) is 5.54. The summed E-state index contributed by atoms with van der Waals surface area (Å²) >= 11 is 0. The lowest BCUT2D eigenvalue weighted by molar-refractivity contribution is -0.274. The zero-order valence-electron chi connectivity index (χ0n) is 17.4. The van der Waals surface area contributed by atoms with Gasteiger partial charge in [0.05, 0.1) is 5.56 Å². The monoisotopic (exact) mass is 499 g/mol. The highest BCUT2D eigenvalue weighted by atomic mass is 19.4. The number of nitrogens with zero attached hydrogens (tertiary/aromatic N) is 1. The zero-order chi connectivity index (χ0) is 25.6. The number of carbonyl (C=O) groups is 2. The van der Waals surface area contributed by atoms with Gasteiger partial charge in [0, 0.05) is 17.6 Å². The third kappa shape index (κ3) is 7.62. The second kappa shape index (κ2) is 10.3. The molecule has 0 unspecified atom stereocenters. The van der Waals surface area contributed by atoms with E-state index in [1.54, 1.807) is 0 Å². The lowest BCUT2D eigenvalue weighted by atomic mass is 10.2. The molecular formula is C22H15F6N3O4. The number of hydrogen-bond donors (Lipinski definition) is 2. The van der Waals surface area contributed by atoms with Crippen molar-refractivity contribution >= 4 is 29.1 Å². The third-order valence-electron chi connectivity index (χ3n) is 4.19. The topological polar surface area (TPSA) is 89.6 Å². The minimum Gasteiger partial charge on any atom is -0.452 e. The molecule has 0 saturated carbocycles. The van der Waals surface area contributed by atoms with Gasteiger partial charge in [-0.1, -0.05) is 6.07 Å². The molecule has 2 aromatic carbocycles. The van der Waals surface area contributed by atoms with Crippen molar-refractivity contribution in [3.05, 3.63) is 78.0 Å². The lowest BCUT2D eigenvalue weighted by Gasteiger charge is -2.13. The van der Waals surface area contributed by atoms with E-state index in [-0.39, 0.29) is 22.8 Å². The SMILES string of the molecule is O=C(COC(=O)c1cccnc1Nc1cccc(C(F)(F)F)c1)Nc1ccc(OC(F)(F)F)cc1. The van der Waals surface area contributed by atoms with E-state index in [4.69, 9.17) is 4.74 Å². The van der Waals surface area contributed by atoms with Crippen molar-refractivity contribution in [2.45, 2.75) is 12.5 Å². The first-order chi connectivity index (χ1) is 16.4. The number of anilines is 3. The van der Waals surface area contributed by atoms with Gasteiger partial charge in [-0.2, -0.15) is 13.2 Å². The normalized spacial score (nSPS) is 11.5. The molecule has 13 heteroatoms. The van der Waals surface area contributed by atoms with E-state index in [2.05, 4.69) is 20.4 Å². The molecule has 0 radical (unpaired) electrons. The van der Waals surface area contributed by atoms with E-state index < -0.39 is 42.3 Å². The maximum absolute atomic E-state index is 12.9. The Morgan fingerprint density at radius 3 is 2.26 bits per heavy atom. The summed E-state index contributed by atoms with van der Waals surface area (Å²) in [6.45, 7) is -0.752. The summed E-state index contributed by atoms with van der Waals surface area (Å²) in [4.78, 5) is 28.4. The van der Waals surface area contributed by atoms with Gasteiger partial charge in [0.1, 0.15) is 17.1 Å². The van der Waals surface area contributed by atoms with Crippen molar-refractivity contribution in [1.29, 1.82) is 0 Å². The number of hydrogen-bond acceptors (Lipinski definition) is 6. The quantitative estimate of drug-likeness (QED) is 0.328. The van der Waals surface area contributed by atoms with E-state index in [9.17, 15) is 35.9 Å². The Morgan fingerprint density at radius 2 is 1.60 bits per heavy atom. The second-order valence-corrected chi connectivity index (χ2v) is 6.80. The van der Waals surface area contributed by atoms with Gasteiger partial charge in [0.15, 0.2) is 6.61 Å². The van der Waals surface area contributed by atoms with Gasteiger partial charge in [0.2, 0.25) is 0 Å². The molecule has 0 aliphatic rings. The second-order valence-electron chi connectivity index (χ2n) is 6.80. The van der Waals surface area contributed by atoms with Crippen LogP contribution in [0, 0.1) is 0 Å².